The predicted octanol–water partition coefficient (Wildman–Crippen LogP) is 5.89. The third-order valence-electron chi connectivity index (χ3n) is 4.50. The van der Waals surface area contributed by atoms with Crippen molar-refractivity contribution in [3.8, 4) is 11.1 Å². The smallest absolute Gasteiger partial charge is 0.344 e. The second kappa shape index (κ2) is 8.89. The molecule has 0 radical (unpaired) electrons. The summed E-state index contributed by atoms with van der Waals surface area (Å²) in [4.78, 5) is 24.7. The number of anilines is 1. The van der Waals surface area contributed by atoms with Crippen molar-refractivity contribution in [2.75, 3.05) is 5.32 Å². The van der Waals surface area contributed by atoms with E-state index < -0.39 is 11.5 Å². The maximum absolute atomic E-state index is 12.4. The Morgan fingerprint density at radius 2 is 1.61 bits per heavy atom. The van der Waals surface area contributed by atoms with Crippen LogP contribution in [-0.2, 0) is 0 Å². The largest absolute Gasteiger partial charge is 0.422 e. The van der Waals surface area contributed by atoms with Gasteiger partial charge in [-0.3, -0.25) is 10.1 Å². The summed E-state index contributed by atoms with van der Waals surface area (Å²) >= 11 is 17.7. The van der Waals surface area contributed by atoms with Gasteiger partial charge in [0, 0.05) is 16.6 Å². The average molecular weight is 469 g/mol. The van der Waals surface area contributed by atoms with E-state index in [2.05, 4.69) is 10.6 Å². The Morgan fingerprint density at radius 3 is 2.39 bits per heavy atom. The molecule has 1 aromatic heterocycles. The van der Waals surface area contributed by atoms with Crippen molar-refractivity contribution in [1.82, 2.24) is 5.32 Å². The first kappa shape index (κ1) is 21.1. The fraction of sp³-hybridized carbons (Fsp3) is 0. The summed E-state index contributed by atoms with van der Waals surface area (Å²) in [6, 6.07) is 20.6. The van der Waals surface area contributed by atoms with Gasteiger partial charge in [-0.05, 0) is 48.6 Å². The highest BCUT2D eigenvalue weighted by molar-refractivity contribution is 7.80. The molecule has 1 heterocycles. The van der Waals surface area contributed by atoms with E-state index in [4.69, 9.17) is 39.8 Å². The summed E-state index contributed by atoms with van der Waals surface area (Å²) in [5.74, 6) is -0.431. The standard InChI is InChI=1S/C23H14Cl2N2O3S/c24-18-7-3-2-6-16(18)21(28)27-23(31)26-14-9-10-15(19(25)12-14)17-11-13-5-1-4-8-20(13)30-22(17)29/h1-12H,(H2,26,27,28,31). The van der Waals surface area contributed by atoms with E-state index in [0.29, 0.717) is 38.0 Å². The van der Waals surface area contributed by atoms with Crippen molar-refractivity contribution in [2.45, 2.75) is 0 Å². The Kier molecular flexibility index (Phi) is 6.04. The van der Waals surface area contributed by atoms with Crippen LogP contribution in [-0.4, -0.2) is 11.0 Å². The van der Waals surface area contributed by atoms with E-state index in [1.54, 1.807) is 60.7 Å². The Labute approximate surface area is 192 Å². The zero-order chi connectivity index (χ0) is 22.0. The number of thiocarbonyl (C=S) groups is 1. The monoisotopic (exact) mass is 468 g/mol. The molecular weight excluding hydrogens is 455 g/mol. The van der Waals surface area contributed by atoms with Crippen molar-refractivity contribution < 1.29 is 9.21 Å². The summed E-state index contributed by atoms with van der Waals surface area (Å²) in [7, 11) is 0. The minimum absolute atomic E-state index is 0.0824. The van der Waals surface area contributed by atoms with Crippen LogP contribution in [0.2, 0.25) is 10.0 Å². The molecule has 0 fully saturated rings. The van der Waals surface area contributed by atoms with E-state index in [1.165, 1.54) is 0 Å². The van der Waals surface area contributed by atoms with E-state index in [0.717, 1.165) is 5.39 Å². The number of nitrogens with one attached hydrogen (secondary N) is 2. The molecule has 0 unspecified atom stereocenters. The number of rotatable bonds is 3. The first-order valence-corrected chi connectivity index (χ1v) is 10.3. The predicted molar refractivity (Wildman–Crippen MR) is 128 cm³/mol. The molecule has 0 spiro atoms. The van der Waals surface area contributed by atoms with Crippen LogP contribution < -0.4 is 16.3 Å². The molecular formula is C23H14Cl2N2O3S. The van der Waals surface area contributed by atoms with Gasteiger partial charge in [0.25, 0.3) is 5.91 Å². The molecule has 2 N–H and O–H groups in total. The molecule has 5 nitrogen and oxygen atoms in total. The van der Waals surface area contributed by atoms with Crippen LogP contribution in [0.1, 0.15) is 10.4 Å². The van der Waals surface area contributed by atoms with E-state index in [-0.39, 0.29) is 5.11 Å². The minimum Gasteiger partial charge on any atom is -0.422 e. The second-order valence-electron chi connectivity index (χ2n) is 6.57. The molecule has 1 amide bonds. The van der Waals surface area contributed by atoms with Crippen molar-refractivity contribution in [3.05, 3.63) is 98.8 Å². The van der Waals surface area contributed by atoms with E-state index in [1.807, 2.05) is 12.1 Å². The molecule has 154 valence electrons. The lowest BCUT2D eigenvalue weighted by molar-refractivity contribution is 0.0978. The van der Waals surface area contributed by atoms with Gasteiger partial charge in [0.2, 0.25) is 0 Å². The van der Waals surface area contributed by atoms with Crippen molar-refractivity contribution in [3.63, 3.8) is 0 Å². The molecule has 0 aliphatic rings. The Balaban J connectivity index is 1.53. The maximum Gasteiger partial charge on any atom is 0.344 e. The van der Waals surface area contributed by atoms with Crippen LogP contribution >= 0.6 is 35.4 Å². The molecule has 3 aromatic carbocycles. The van der Waals surface area contributed by atoms with Gasteiger partial charge in [-0.2, -0.15) is 0 Å². The SMILES string of the molecule is O=C(NC(=S)Nc1ccc(-c2cc3ccccc3oc2=O)c(Cl)c1)c1ccccc1Cl. The zero-order valence-corrected chi connectivity index (χ0v) is 18.1. The topological polar surface area (TPSA) is 71.3 Å². The number of benzene rings is 3. The first-order chi connectivity index (χ1) is 14.9. The molecule has 4 aromatic rings. The van der Waals surface area contributed by atoms with Crippen molar-refractivity contribution in [1.29, 1.82) is 0 Å². The highest BCUT2D eigenvalue weighted by atomic mass is 35.5. The van der Waals surface area contributed by atoms with Crippen LogP contribution in [0.15, 0.2) is 82.0 Å². The second-order valence-corrected chi connectivity index (χ2v) is 7.79. The number of carbonyl (C=O) groups excluding carboxylic acids is 1. The zero-order valence-electron chi connectivity index (χ0n) is 15.8. The van der Waals surface area contributed by atoms with Gasteiger partial charge < -0.3 is 9.73 Å². The third-order valence-corrected chi connectivity index (χ3v) is 5.35. The average Bonchev–Trinajstić information content (AvgIpc) is 2.74. The molecule has 0 aliphatic heterocycles. The van der Waals surface area contributed by atoms with Gasteiger partial charge in [0.05, 0.1) is 21.2 Å². The van der Waals surface area contributed by atoms with Gasteiger partial charge in [-0.1, -0.05) is 59.6 Å². The summed E-state index contributed by atoms with van der Waals surface area (Å²) in [5.41, 5.74) is 1.75. The molecule has 0 aliphatic carbocycles. The quantitative estimate of drug-likeness (QED) is 0.289. The Bertz CT molecular complexity index is 1380. The number of hydrogen-bond donors (Lipinski definition) is 2. The fourth-order valence-electron chi connectivity index (χ4n) is 3.04. The molecule has 0 saturated heterocycles. The number of amides is 1. The van der Waals surface area contributed by atoms with Crippen LogP contribution in [0.25, 0.3) is 22.1 Å². The van der Waals surface area contributed by atoms with E-state index >= 15 is 0 Å². The van der Waals surface area contributed by atoms with Crippen LogP contribution in [0.4, 0.5) is 5.69 Å². The van der Waals surface area contributed by atoms with Gasteiger partial charge >= 0.3 is 5.63 Å². The number of hydrogen-bond acceptors (Lipinski definition) is 4. The van der Waals surface area contributed by atoms with Crippen molar-refractivity contribution in [2.24, 2.45) is 0 Å². The lowest BCUT2D eigenvalue weighted by atomic mass is 10.1. The summed E-state index contributed by atoms with van der Waals surface area (Å²) in [6.07, 6.45) is 0. The highest BCUT2D eigenvalue weighted by Crippen LogP contribution is 2.30. The molecule has 0 bridgehead atoms. The van der Waals surface area contributed by atoms with Gasteiger partial charge in [-0.15, -0.1) is 0 Å². The van der Waals surface area contributed by atoms with Crippen LogP contribution in [0.5, 0.6) is 0 Å². The molecule has 0 saturated carbocycles. The van der Waals surface area contributed by atoms with Crippen molar-refractivity contribution >= 4 is 63.1 Å². The summed E-state index contributed by atoms with van der Waals surface area (Å²) in [6.45, 7) is 0. The molecule has 0 atom stereocenters. The normalized spacial score (nSPS) is 10.6. The number of fused-ring (bicyclic) bond motifs is 1. The fourth-order valence-corrected chi connectivity index (χ4v) is 3.75. The number of para-hydroxylation sites is 1. The van der Waals surface area contributed by atoms with Crippen LogP contribution in [0.3, 0.4) is 0 Å². The van der Waals surface area contributed by atoms with E-state index in [9.17, 15) is 9.59 Å². The van der Waals surface area contributed by atoms with Gasteiger partial charge in [0.15, 0.2) is 5.11 Å². The van der Waals surface area contributed by atoms with Crippen LogP contribution in [0, 0.1) is 0 Å². The number of carbonyl (C=O) groups is 1. The lowest BCUT2D eigenvalue weighted by Gasteiger charge is -2.12. The minimum atomic E-state index is -0.483. The highest BCUT2D eigenvalue weighted by Gasteiger charge is 2.14. The summed E-state index contributed by atoms with van der Waals surface area (Å²) < 4.78 is 5.38. The third kappa shape index (κ3) is 4.61. The summed E-state index contributed by atoms with van der Waals surface area (Å²) in [5, 5.41) is 6.99. The molecule has 8 heteroatoms. The number of halogens is 2. The van der Waals surface area contributed by atoms with Gasteiger partial charge in [0.1, 0.15) is 5.58 Å². The maximum atomic E-state index is 12.4. The molecule has 4 rings (SSSR count). The Morgan fingerprint density at radius 1 is 0.871 bits per heavy atom. The molecule has 31 heavy (non-hydrogen) atoms. The Hall–Kier alpha value is -3.19. The van der Waals surface area contributed by atoms with Gasteiger partial charge in [-0.25, -0.2) is 4.79 Å². The first-order valence-electron chi connectivity index (χ1n) is 9.12. The lowest BCUT2D eigenvalue weighted by Crippen LogP contribution is -2.34.